The van der Waals surface area contributed by atoms with Crippen molar-refractivity contribution >= 4 is 0 Å². The molecule has 0 amide bonds. The number of hydrogen-bond donors (Lipinski definition) is 1. The number of ether oxygens (including phenoxy) is 1. The maximum Gasteiger partial charge on any atom is 0.0900 e. The molecule has 0 fully saturated rings. The topological polar surface area (TPSA) is 32.7 Å². The lowest BCUT2D eigenvalue weighted by Gasteiger charge is -2.29. The summed E-state index contributed by atoms with van der Waals surface area (Å²) in [6, 6.07) is 0. The van der Waals surface area contributed by atoms with Crippen LogP contribution in [0.4, 0.5) is 0 Å². The predicted octanol–water partition coefficient (Wildman–Crippen LogP) is 2.14. The second kappa shape index (κ2) is 5.99. The third kappa shape index (κ3) is 10.4. The van der Waals surface area contributed by atoms with Crippen LogP contribution in [0.1, 0.15) is 41.5 Å². The first-order valence-electron chi connectivity index (χ1n) is 6.00. The summed E-state index contributed by atoms with van der Waals surface area (Å²) < 4.78 is 5.55. The zero-order valence-corrected chi connectivity index (χ0v) is 12.0. The van der Waals surface area contributed by atoms with E-state index in [1.807, 2.05) is 27.8 Å². The van der Waals surface area contributed by atoms with Gasteiger partial charge in [0.25, 0.3) is 0 Å². The first kappa shape index (κ1) is 15.9. The molecular weight excluding hydrogens is 202 g/mol. The van der Waals surface area contributed by atoms with Gasteiger partial charge >= 0.3 is 0 Å². The van der Waals surface area contributed by atoms with Crippen LogP contribution in [0.2, 0.25) is 0 Å². The minimum absolute atomic E-state index is 0.177. The van der Waals surface area contributed by atoms with Crippen molar-refractivity contribution in [1.29, 1.82) is 0 Å². The Morgan fingerprint density at radius 3 is 2.00 bits per heavy atom. The lowest BCUT2D eigenvalue weighted by molar-refractivity contribution is -0.0559. The van der Waals surface area contributed by atoms with Gasteiger partial charge in [-0.1, -0.05) is 20.8 Å². The molecule has 16 heavy (non-hydrogen) atoms. The van der Waals surface area contributed by atoms with E-state index in [1.165, 1.54) is 0 Å². The third-order valence-electron chi connectivity index (χ3n) is 1.98. The smallest absolute Gasteiger partial charge is 0.0900 e. The van der Waals surface area contributed by atoms with Crippen molar-refractivity contribution in [2.24, 2.45) is 5.41 Å². The molecule has 0 rings (SSSR count). The summed E-state index contributed by atoms with van der Waals surface area (Å²) >= 11 is 0. The van der Waals surface area contributed by atoms with Crippen LogP contribution in [0, 0.1) is 5.41 Å². The molecule has 98 valence electrons. The van der Waals surface area contributed by atoms with Gasteiger partial charge in [-0.05, 0) is 33.2 Å². The summed E-state index contributed by atoms with van der Waals surface area (Å²) in [7, 11) is 2.03. The zero-order valence-electron chi connectivity index (χ0n) is 12.0. The van der Waals surface area contributed by atoms with Gasteiger partial charge in [0.2, 0.25) is 0 Å². The van der Waals surface area contributed by atoms with Crippen molar-refractivity contribution in [3.8, 4) is 0 Å². The average Bonchev–Trinajstić information content (AvgIpc) is 1.95. The van der Waals surface area contributed by atoms with E-state index in [9.17, 15) is 5.11 Å². The molecule has 0 spiro atoms. The Hall–Kier alpha value is -0.120. The van der Waals surface area contributed by atoms with E-state index in [0.717, 1.165) is 6.54 Å². The molecule has 0 aromatic rings. The summed E-state index contributed by atoms with van der Waals surface area (Å²) in [5.41, 5.74) is 0.0862. The monoisotopic (exact) mass is 231 g/mol. The fourth-order valence-corrected chi connectivity index (χ4v) is 1.63. The Morgan fingerprint density at radius 2 is 1.62 bits per heavy atom. The van der Waals surface area contributed by atoms with E-state index >= 15 is 0 Å². The molecule has 0 aliphatic heterocycles. The second-order valence-corrected chi connectivity index (χ2v) is 6.83. The molecule has 1 N–H and O–H groups in total. The number of aliphatic hydroxyl groups excluding tert-OH is 1. The molecule has 0 radical (unpaired) electrons. The molecule has 3 nitrogen and oxygen atoms in total. The summed E-state index contributed by atoms with van der Waals surface area (Å²) in [6.07, 6.45) is -0.411. The molecular formula is C13H29NO2. The highest BCUT2D eigenvalue weighted by Crippen LogP contribution is 2.14. The van der Waals surface area contributed by atoms with Gasteiger partial charge in [-0.2, -0.15) is 0 Å². The Labute approximate surface area is 101 Å². The van der Waals surface area contributed by atoms with E-state index in [4.69, 9.17) is 4.74 Å². The van der Waals surface area contributed by atoms with Gasteiger partial charge in [0.1, 0.15) is 0 Å². The number of likely N-dealkylation sites (N-methyl/N-ethyl adjacent to an activating group) is 1. The molecule has 1 unspecified atom stereocenters. The summed E-state index contributed by atoms with van der Waals surface area (Å²) in [4.78, 5) is 2.15. The molecule has 0 bridgehead atoms. The van der Waals surface area contributed by atoms with Crippen molar-refractivity contribution in [2.75, 3.05) is 26.7 Å². The molecule has 0 saturated carbocycles. The highest BCUT2D eigenvalue weighted by molar-refractivity contribution is 4.70. The highest BCUT2D eigenvalue weighted by atomic mass is 16.5. The van der Waals surface area contributed by atoms with Crippen LogP contribution < -0.4 is 0 Å². The van der Waals surface area contributed by atoms with Crippen molar-refractivity contribution in [1.82, 2.24) is 4.90 Å². The molecule has 0 aliphatic carbocycles. The minimum Gasteiger partial charge on any atom is -0.389 e. The molecule has 0 aromatic heterocycles. The quantitative estimate of drug-likeness (QED) is 0.787. The minimum atomic E-state index is -0.411. The van der Waals surface area contributed by atoms with Gasteiger partial charge in [0, 0.05) is 13.1 Å². The Bertz CT molecular complexity index is 191. The summed E-state index contributed by atoms with van der Waals surface area (Å²) in [5, 5.41) is 9.81. The third-order valence-corrected chi connectivity index (χ3v) is 1.98. The van der Waals surface area contributed by atoms with E-state index in [2.05, 4.69) is 25.7 Å². The average molecular weight is 231 g/mol. The number of hydrogen-bond acceptors (Lipinski definition) is 3. The number of rotatable bonds is 5. The molecule has 1 atom stereocenters. The fourth-order valence-electron chi connectivity index (χ4n) is 1.63. The molecule has 0 aromatic carbocycles. The molecule has 0 saturated heterocycles. The van der Waals surface area contributed by atoms with Crippen molar-refractivity contribution < 1.29 is 9.84 Å². The Morgan fingerprint density at radius 1 is 1.12 bits per heavy atom. The lowest BCUT2D eigenvalue weighted by Crippen LogP contribution is -2.38. The van der Waals surface area contributed by atoms with Crippen molar-refractivity contribution in [2.45, 2.75) is 53.2 Å². The predicted molar refractivity (Wildman–Crippen MR) is 68.7 cm³/mol. The van der Waals surface area contributed by atoms with Crippen molar-refractivity contribution in [3.05, 3.63) is 0 Å². The number of nitrogens with zero attached hydrogens (tertiary/aromatic N) is 1. The zero-order chi connectivity index (χ0) is 13.0. The van der Waals surface area contributed by atoms with Gasteiger partial charge in [-0.15, -0.1) is 0 Å². The van der Waals surface area contributed by atoms with Crippen LogP contribution in [-0.2, 0) is 4.74 Å². The molecule has 0 heterocycles. The second-order valence-electron chi connectivity index (χ2n) is 6.83. The van der Waals surface area contributed by atoms with Crippen LogP contribution >= 0.6 is 0 Å². The van der Waals surface area contributed by atoms with Crippen LogP contribution in [0.5, 0.6) is 0 Å². The Balaban J connectivity index is 3.83. The van der Waals surface area contributed by atoms with Gasteiger partial charge in [0.15, 0.2) is 0 Å². The highest BCUT2D eigenvalue weighted by Gasteiger charge is 2.18. The van der Waals surface area contributed by atoms with Crippen LogP contribution in [0.3, 0.4) is 0 Å². The van der Waals surface area contributed by atoms with Gasteiger partial charge in [-0.25, -0.2) is 0 Å². The maximum atomic E-state index is 9.81. The maximum absolute atomic E-state index is 9.81. The summed E-state index contributed by atoms with van der Waals surface area (Å²) in [5.74, 6) is 0. The van der Waals surface area contributed by atoms with Crippen LogP contribution in [-0.4, -0.2) is 48.5 Å². The van der Waals surface area contributed by atoms with Crippen LogP contribution in [0.25, 0.3) is 0 Å². The van der Waals surface area contributed by atoms with E-state index in [0.29, 0.717) is 13.2 Å². The largest absolute Gasteiger partial charge is 0.389 e. The van der Waals surface area contributed by atoms with E-state index in [-0.39, 0.29) is 11.0 Å². The lowest BCUT2D eigenvalue weighted by atomic mass is 9.96. The summed E-state index contributed by atoms with van der Waals surface area (Å²) in [6.45, 7) is 14.6. The van der Waals surface area contributed by atoms with Gasteiger partial charge in [0.05, 0.1) is 18.3 Å². The fraction of sp³-hybridized carbons (Fsp3) is 1.00. The first-order valence-corrected chi connectivity index (χ1v) is 6.00. The normalized spacial score (nSPS) is 15.6. The molecule has 0 aliphatic rings. The molecule has 3 heteroatoms. The first-order chi connectivity index (χ1) is 6.99. The number of aliphatic hydroxyl groups is 1. The Kier molecular flexibility index (Phi) is 5.94. The van der Waals surface area contributed by atoms with Gasteiger partial charge in [-0.3, -0.25) is 0 Å². The standard InChI is InChI=1S/C13H29NO2/c1-12(2,3)10-14(7)8-11(15)9-16-13(4,5)6/h11,15H,8-10H2,1-7H3. The van der Waals surface area contributed by atoms with Crippen LogP contribution in [0.15, 0.2) is 0 Å². The SMILES string of the molecule is CN(CC(O)COC(C)(C)C)CC(C)(C)C. The van der Waals surface area contributed by atoms with Crippen molar-refractivity contribution in [3.63, 3.8) is 0 Å². The van der Waals surface area contributed by atoms with Gasteiger partial charge < -0.3 is 14.7 Å². The van der Waals surface area contributed by atoms with E-state index < -0.39 is 6.10 Å². The van der Waals surface area contributed by atoms with E-state index in [1.54, 1.807) is 0 Å².